The molecule has 0 spiro atoms. The minimum absolute atomic E-state index is 0.0628. The number of nitrogens with one attached hydrogen (secondary N) is 2. The first-order valence-corrected chi connectivity index (χ1v) is 7.28. The fraction of sp³-hybridized carbons (Fsp3) is 0.250. The molecule has 0 atom stereocenters. The molecule has 0 aliphatic heterocycles. The maximum Gasteiger partial charge on any atom is 0.232 e. The molecule has 1 heterocycles. The highest BCUT2D eigenvalue weighted by Gasteiger charge is 2.07. The molecule has 0 unspecified atom stereocenters. The number of aryl methyl sites for hydroxylation is 1. The molecule has 1 aromatic heterocycles. The summed E-state index contributed by atoms with van der Waals surface area (Å²) in [7, 11) is -3.22. The molecule has 5 nitrogen and oxygen atoms in total. The average molecular weight is 265 g/mol. The van der Waals surface area contributed by atoms with Gasteiger partial charge in [0.2, 0.25) is 10.0 Å². The van der Waals surface area contributed by atoms with Gasteiger partial charge >= 0.3 is 0 Å². The largest absolute Gasteiger partial charge is 0.284 e. The molecule has 6 heteroatoms. The number of sulfonamides is 1. The van der Waals surface area contributed by atoms with Crippen molar-refractivity contribution in [2.24, 2.45) is 0 Å². The number of hydrogen-bond acceptors (Lipinski definition) is 3. The lowest BCUT2D eigenvalue weighted by molar-refractivity contribution is 0.602. The molecule has 0 amide bonds. The third-order valence-electron chi connectivity index (χ3n) is 2.54. The lowest BCUT2D eigenvalue weighted by Gasteiger charge is -2.06. The number of hydrogen-bond donors (Lipinski definition) is 2. The SMILES string of the molecule is CCS(=O)(=O)Nc1ccc(-c2cc(C)[nH]n2)cc1. The van der Waals surface area contributed by atoms with E-state index in [1.54, 1.807) is 19.1 Å². The number of anilines is 1. The molecule has 18 heavy (non-hydrogen) atoms. The lowest BCUT2D eigenvalue weighted by Crippen LogP contribution is -2.14. The Morgan fingerprint density at radius 2 is 1.94 bits per heavy atom. The van der Waals surface area contributed by atoms with E-state index in [1.165, 1.54) is 0 Å². The number of H-pyrrole nitrogens is 1. The smallest absolute Gasteiger partial charge is 0.232 e. The second kappa shape index (κ2) is 4.81. The van der Waals surface area contributed by atoms with Gasteiger partial charge in [0.05, 0.1) is 11.4 Å². The molecule has 0 bridgehead atoms. The van der Waals surface area contributed by atoms with Crippen LogP contribution in [0.3, 0.4) is 0 Å². The standard InChI is InChI=1S/C12H15N3O2S/c1-3-18(16,17)15-11-6-4-10(5-7-11)12-8-9(2)13-14-12/h4-8,15H,3H2,1-2H3,(H,13,14). The number of nitrogens with zero attached hydrogens (tertiary/aromatic N) is 1. The van der Waals surface area contributed by atoms with Crippen LogP contribution < -0.4 is 4.72 Å². The summed E-state index contributed by atoms with van der Waals surface area (Å²) in [5, 5.41) is 7.01. The molecule has 0 saturated heterocycles. The van der Waals surface area contributed by atoms with Crippen LogP contribution in [0.5, 0.6) is 0 Å². The summed E-state index contributed by atoms with van der Waals surface area (Å²) >= 11 is 0. The summed E-state index contributed by atoms with van der Waals surface area (Å²) in [6.07, 6.45) is 0. The predicted octanol–water partition coefficient (Wildman–Crippen LogP) is 2.15. The summed E-state index contributed by atoms with van der Waals surface area (Å²) in [5.74, 6) is 0.0628. The topological polar surface area (TPSA) is 74.8 Å². The molecule has 2 rings (SSSR count). The first kappa shape index (κ1) is 12.6. The average Bonchev–Trinajstić information content (AvgIpc) is 2.76. The Kier molecular flexibility index (Phi) is 3.38. The number of aromatic nitrogens is 2. The summed E-state index contributed by atoms with van der Waals surface area (Å²) in [6.45, 7) is 3.53. The van der Waals surface area contributed by atoms with Gasteiger partial charge in [-0.05, 0) is 32.0 Å². The van der Waals surface area contributed by atoms with Gasteiger partial charge in [-0.3, -0.25) is 9.82 Å². The Labute approximate surface area is 106 Å². The summed E-state index contributed by atoms with van der Waals surface area (Å²) in [6, 6.07) is 9.07. The van der Waals surface area contributed by atoms with Gasteiger partial charge in [-0.2, -0.15) is 5.10 Å². The van der Waals surface area contributed by atoms with Crippen molar-refractivity contribution in [2.75, 3.05) is 10.5 Å². The van der Waals surface area contributed by atoms with Gasteiger partial charge in [0.1, 0.15) is 0 Å². The van der Waals surface area contributed by atoms with Crippen LogP contribution in [0, 0.1) is 6.92 Å². The predicted molar refractivity (Wildman–Crippen MR) is 71.8 cm³/mol. The minimum Gasteiger partial charge on any atom is -0.284 e. The van der Waals surface area contributed by atoms with E-state index in [9.17, 15) is 8.42 Å². The quantitative estimate of drug-likeness (QED) is 0.889. The zero-order valence-corrected chi connectivity index (χ0v) is 11.1. The van der Waals surface area contributed by atoms with Crippen molar-refractivity contribution >= 4 is 15.7 Å². The molecular formula is C12H15N3O2S. The maximum absolute atomic E-state index is 11.4. The van der Waals surface area contributed by atoms with Crippen molar-refractivity contribution in [1.29, 1.82) is 0 Å². The molecule has 1 aromatic carbocycles. The highest BCUT2D eigenvalue weighted by atomic mass is 32.2. The highest BCUT2D eigenvalue weighted by Crippen LogP contribution is 2.20. The van der Waals surface area contributed by atoms with Crippen LogP contribution in [-0.4, -0.2) is 24.4 Å². The second-order valence-electron chi connectivity index (χ2n) is 4.02. The van der Waals surface area contributed by atoms with Gasteiger partial charge in [-0.25, -0.2) is 8.42 Å². The minimum atomic E-state index is -3.22. The van der Waals surface area contributed by atoms with E-state index < -0.39 is 10.0 Å². The summed E-state index contributed by atoms with van der Waals surface area (Å²) < 4.78 is 25.3. The Balaban J connectivity index is 2.20. The molecule has 0 radical (unpaired) electrons. The van der Waals surface area contributed by atoms with Crippen LogP contribution in [-0.2, 0) is 10.0 Å². The van der Waals surface area contributed by atoms with E-state index in [2.05, 4.69) is 14.9 Å². The zero-order chi connectivity index (χ0) is 13.2. The van der Waals surface area contributed by atoms with Crippen LogP contribution >= 0.6 is 0 Å². The van der Waals surface area contributed by atoms with Crippen molar-refractivity contribution in [2.45, 2.75) is 13.8 Å². The Bertz CT molecular complexity index is 630. The fourth-order valence-electron chi connectivity index (χ4n) is 1.53. The van der Waals surface area contributed by atoms with Gasteiger partial charge in [-0.1, -0.05) is 12.1 Å². The van der Waals surface area contributed by atoms with Gasteiger partial charge in [-0.15, -0.1) is 0 Å². The van der Waals surface area contributed by atoms with Crippen molar-refractivity contribution in [3.63, 3.8) is 0 Å². The van der Waals surface area contributed by atoms with Gasteiger partial charge in [0.15, 0.2) is 0 Å². The van der Waals surface area contributed by atoms with Crippen molar-refractivity contribution in [1.82, 2.24) is 10.2 Å². The number of benzene rings is 1. The van der Waals surface area contributed by atoms with E-state index in [1.807, 2.05) is 25.1 Å². The van der Waals surface area contributed by atoms with Crippen LogP contribution in [0.25, 0.3) is 11.3 Å². The van der Waals surface area contributed by atoms with Crippen molar-refractivity contribution < 1.29 is 8.42 Å². The normalized spacial score (nSPS) is 11.4. The van der Waals surface area contributed by atoms with E-state index in [-0.39, 0.29) is 5.75 Å². The van der Waals surface area contributed by atoms with Gasteiger partial charge in [0, 0.05) is 16.9 Å². The molecule has 0 aliphatic carbocycles. The zero-order valence-electron chi connectivity index (χ0n) is 10.3. The molecule has 2 aromatic rings. The highest BCUT2D eigenvalue weighted by molar-refractivity contribution is 7.92. The van der Waals surface area contributed by atoms with Crippen molar-refractivity contribution in [3.8, 4) is 11.3 Å². The van der Waals surface area contributed by atoms with Crippen LogP contribution in [0.4, 0.5) is 5.69 Å². The van der Waals surface area contributed by atoms with Crippen LogP contribution in [0.2, 0.25) is 0 Å². The van der Waals surface area contributed by atoms with Crippen LogP contribution in [0.1, 0.15) is 12.6 Å². The Hall–Kier alpha value is -1.82. The molecule has 96 valence electrons. The third kappa shape index (κ3) is 2.89. The van der Waals surface area contributed by atoms with Gasteiger partial charge in [0.25, 0.3) is 0 Å². The Morgan fingerprint density at radius 1 is 1.28 bits per heavy atom. The first-order valence-electron chi connectivity index (χ1n) is 5.63. The molecule has 0 saturated carbocycles. The van der Waals surface area contributed by atoms with E-state index >= 15 is 0 Å². The monoisotopic (exact) mass is 265 g/mol. The van der Waals surface area contributed by atoms with Gasteiger partial charge < -0.3 is 0 Å². The molecule has 0 aliphatic rings. The summed E-state index contributed by atoms with van der Waals surface area (Å²) in [5.41, 5.74) is 3.34. The van der Waals surface area contributed by atoms with E-state index in [0.29, 0.717) is 5.69 Å². The maximum atomic E-state index is 11.4. The summed E-state index contributed by atoms with van der Waals surface area (Å²) in [4.78, 5) is 0. The molecule has 0 fully saturated rings. The van der Waals surface area contributed by atoms with Crippen LogP contribution in [0.15, 0.2) is 30.3 Å². The first-order chi connectivity index (χ1) is 8.50. The third-order valence-corrected chi connectivity index (χ3v) is 3.85. The van der Waals surface area contributed by atoms with Crippen molar-refractivity contribution in [3.05, 3.63) is 36.0 Å². The molecular weight excluding hydrogens is 250 g/mol. The Morgan fingerprint density at radius 3 is 2.44 bits per heavy atom. The van der Waals surface area contributed by atoms with E-state index in [0.717, 1.165) is 17.0 Å². The molecule has 2 N–H and O–H groups in total. The number of aromatic amines is 1. The number of rotatable bonds is 4. The fourth-order valence-corrected chi connectivity index (χ4v) is 2.17. The van der Waals surface area contributed by atoms with E-state index in [4.69, 9.17) is 0 Å². The lowest BCUT2D eigenvalue weighted by atomic mass is 10.1. The second-order valence-corrected chi connectivity index (χ2v) is 6.03.